The third kappa shape index (κ3) is 4.56. The van der Waals surface area contributed by atoms with Crippen molar-refractivity contribution < 1.29 is 14.3 Å². The van der Waals surface area contributed by atoms with Crippen LogP contribution in [0.1, 0.15) is 12.5 Å². The van der Waals surface area contributed by atoms with E-state index in [9.17, 15) is 9.59 Å². The maximum absolute atomic E-state index is 11.5. The quantitative estimate of drug-likeness (QED) is 0.861. The normalized spacial score (nSPS) is 11.7. The van der Waals surface area contributed by atoms with Crippen LogP contribution in [0.4, 0.5) is 0 Å². The first-order chi connectivity index (χ1) is 8.02. The number of esters is 1. The topological polar surface area (TPSA) is 55.4 Å². The molecule has 0 bridgehead atoms. The standard InChI is InChI=1S/C12H14BrNO3/c1-8(15)14-11(12(16)17-2)7-9-4-3-5-10(13)6-9/h3-6,11H,7H2,1-2H3,(H,14,15)/t11-/m1/s1. The summed E-state index contributed by atoms with van der Waals surface area (Å²) in [6.45, 7) is 1.37. The largest absolute Gasteiger partial charge is 0.467 e. The average molecular weight is 300 g/mol. The first-order valence-corrected chi connectivity index (χ1v) is 5.91. The van der Waals surface area contributed by atoms with Crippen LogP contribution in [-0.4, -0.2) is 25.0 Å². The highest BCUT2D eigenvalue weighted by Crippen LogP contribution is 2.13. The Hall–Kier alpha value is -1.36. The van der Waals surface area contributed by atoms with Gasteiger partial charge < -0.3 is 10.1 Å². The molecule has 0 aliphatic carbocycles. The van der Waals surface area contributed by atoms with Gasteiger partial charge in [0.1, 0.15) is 6.04 Å². The molecule has 1 amide bonds. The molecule has 1 aromatic carbocycles. The number of nitrogens with one attached hydrogen (secondary N) is 1. The van der Waals surface area contributed by atoms with Crippen LogP contribution in [0.15, 0.2) is 28.7 Å². The fourth-order valence-corrected chi connectivity index (χ4v) is 1.93. The summed E-state index contributed by atoms with van der Waals surface area (Å²) in [6, 6.07) is 6.92. The number of methoxy groups -OCH3 is 1. The van der Waals surface area contributed by atoms with Gasteiger partial charge in [0.05, 0.1) is 7.11 Å². The van der Waals surface area contributed by atoms with Crippen molar-refractivity contribution >= 4 is 27.8 Å². The maximum Gasteiger partial charge on any atom is 0.328 e. The van der Waals surface area contributed by atoms with Crippen LogP contribution < -0.4 is 5.32 Å². The lowest BCUT2D eigenvalue weighted by atomic mass is 10.1. The number of rotatable bonds is 4. The van der Waals surface area contributed by atoms with Crippen LogP contribution in [-0.2, 0) is 20.7 Å². The summed E-state index contributed by atoms with van der Waals surface area (Å²) in [4.78, 5) is 22.5. The van der Waals surface area contributed by atoms with Crippen molar-refractivity contribution in [2.45, 2.75) is 19.4 Å². The monoisotopic (exact) mass is 299 g/mol. The average Bonchev–Trinajstić information content (AvgIpc) is 2.26. The Morgan fingerprint density at radius 2 is 2.18 bits per heavy atom. The maximum atomic E-state index is 11.5. The molecule has 4 nitrogen and oxygen atoms in total. The third-order valence-corrected chi connectivity index (χ3v) is 2.69. The lowest BCUT2D eigenvalue weighted by Crippen LogP contribution is -2.41. The van der Waals surface area contributed by atoms with Crippen LogP contribution in [0.5, 0.6) is 0 Å². The van der Waals surface area contributed by atoms with E-state index < -0.39 is 12.0 Å². The number of hydrogen-bond acceptors (Lipinski definition) is 3. The molecule has 1 atom stereocenters. The number of carbonyl (C=O) groups is 2. The molecule has 1 rings (SSSR count). The lowest BCUT2D eigenvalue weighted by Gasteiger charge is -2.15. The second-order valence-corrected chi connectivity index (χ2v) is 4.53. The molecule has 0 radical (unpaired) electrons. The van der Waals surface area contributed by atoms with Gasteiger partial charge in [-0.25, -0.2) is 4.79 Å². The molecule has 1 aromatic rings. The van der Waals surface area contributed by atoms with Gasteiger partial charge in [-0.2, -0.15) is 0 Å². The molecule has 17 heavy (non-hydrogen) atoms. The molecular formula is C12H14BrNO3. The van der Waals surface area contributed by atoms with E-state index in [1.807, 2.05) is 24.3 Å². The first-order valence-electron chi connectivity index (χ1n) is 5.12. The number of amides is 1. The van der Waals surface area contributed by atoms with Crippen LogP contribution in [0.2, 0.25) is 0 Å². The van der Waals surface area contributed by atoms with Crippen LogP contribution in [0.25, 0.3) is 0 Å². The highest BCUT2D eigenvalue weighted by atomic mass is 79.9. The molecule has 0 spiro atoms. The minimum atomic E-state index is -0.646. The van der Waals surface area contributed by atoms with E-state index in [4.69, 9.17) is 0 Å². The predicted molar refractivity (Wildman–Crippen MR) is 67.5 cm³/mol. The van der Waals surface area contributed by atoms with Crippen molar-refractivity contribution in [3.63, 3.8) is 0 Å². The smallest absolute Gasteiger partial charge is 0.328 e. The molecule has 0 aromatic heterocycles. The Balaban J connectivity index is 2.78. The Morgan fingerprint density at radius 3 is 2.71 bits per heavy atom. The number of halogens is 1. The molecule has 5 heteroatoms. The van der Waals surface area contributed by atoms with Crippen molar-refractivity contribution in [3.8, 4) is 0 Å². The minimum Gasteiger partial charge on any atom is -0.467 e. The third-order valence-electron chi connectivity index (χ3n) is 2.19. The molecule has 1 N–H and O–H groups in total. The van der Waals surface area contributed by atoms with Gasteiger partial charge in [0.25, 0.3) is 0 Å². The van der Waals surface area contributed by atoms with Gasteiger partial charge in [0.2, 0.25) is 5.91 Å². The lowest BCUT2D eigenvalue weighted by molar-refractivity contribution is -0.144. The van der Waals surface area contributed by atoms with E-state index in [1.54, 1.807) is 0 Å². The van der Waals surface area contributed by atoms with Gasteiger partial charge in [0.15, 0.2) is 0 Å². The molecule has 0 aliphatic heterocycles. The fraction of sp³-hybridized carbons (Fsp3) is 0.333. The number of carbonyl (C=O) groups excluding carboxylic acids is 2. The zero-order valence-corrected chi connectivity index (χ0v) is 11.3. The molecule has 0 fully saturated rings. The van der Waals surface area contributed by atoms with Crippen LogP contribution in [0, 0.1) is 0 Å². The Bertz CT molecular complexity index is 420. The summed E-state index contributed by atoms with van der Waals surface area (Å²) in [5.41, 5.74) is 0.948. The number of hydrogen-bond donors (Lipinski definition) is 1. The second kappa shape index (κ2) is 6.39. The summed E-state index contributed by atoms with van der Waals surface area (Å²) in [5, 5.41) is 2.57. The van der Waals surface area contributed by atoms with Gasteiger partial charge in [-0.15, -0.1) is 0 Å². The highest BCUT2D eigenvalue weighted by Gasteiger charge is 2.20. The summed E-state index contributed by atoms with van der Waals surface area (Å²) in [5.74, 6) is -0.699. The molecule has 0 saturated carbocycles. The second-order valence-electron chi connectivity index (χ2n) is 3.61. The van der Waals surface area contributed by atoms with Gasteiger partial charge >= 0.3 is 5.97 Å². The van der Waals surface area contributed by atoms with Crippen molar-refractivity contribution in [2.24, 2.45) is 0 Å². The minimum absolute atomic E-state index is 0.254. The zero-order valence-electron chi connectivity index (χ0n) is 9.70. The Morgan fingerprint density at radius 1 is 1.47 bits per heavy atom. The molecule has 0 saturated heterocycles. The van der Waals surface area contributed by atoms with E-state index in [-0.39, 0.29) is 5.91 Å². The fourth-order valence-electron chi connectivity index (χ4n) is 1.48. The van der Waals surface area contributed by atoms with E-state index in [0.717, 1.165) is 10.0 Å². The number of ether oxygens (including phenoxy) is 1. The van der Waals surface area contributed by atoms with Gasteiger partial charge in [0, 0.05) is 17.8 Å². The zero-order chi connectivity index (χ0) is 12.8. The molecule has 0 unspecified atom stereocenters. The van der Waals surface area contributed by atoms with Crippen molar-refractivity contribution in [2.75, 3.05) is 7.11 Å². The van der Waals surface area contributed by atoms with E-state index in [2.05, 4.69) is 26.0 Å². The summed E-state index contributed by atoms with van der Waals surface area (Å²) >= 11 is 3.35. The van der Waals surface area contributed by atoms with Crippen LogP contribution >= 0.6 is 15.9 Å². The van der Waals surface area contributed by atoms with E-state index in [1.165, 1.54) is 14.0 Å². The Labute approximate surface area is 108 Å². The molecule has 0 heterocycles. The van der Waals surface area contributed by atoms with E-state index in [0.29, 0.717) is 6.42 Å². The summed E-state index contributed by atoms with van der Waals surface area (Å²) < 4.78 is 5.58. The van der Waals surface area contributed by atoms with Crippen LogP contribution in [0.3, 0.4) is 0 Å². The SMILES string of the molecule is COC(=O)[C@@H](Cc1cccc(Br)c1)NC(C)=O. The van der Waals surface area contributed by atoms with Crippen molar-refractivity contribution in [1.82, 2.24) is 5.32 Å². The summed E-state index contributed by atoms with van der Waals surface area (Å²) in [7, 11) is 1.30. The molecule has 92 valence electrons. The highest BCUT2D eigenvalue weighted by molar-refractivity contribution is 9.10. The predicted octanol–water partition coefficient (Wildman–Crippen LogP) is 1.67. The molecular weight excluding hydrogens is 286 g/mol. The van der Waals surface area contributed by atoms with Crippen molar-refractivity contribution in [1.29, 1.82) is 0 Å². The molecule has 0 aliphatic rings. The Kier molecular flexibility index (Phi) is 5.15. The van der Waals surface area contributed by atoms with Gasteiger partial charge in [-0.05, 0) is 17.7 Å². The number of benzene rings is 1. The van der Waals surface area contributed by atoms with Gasteiger partial charge in [-0.1, -0.05) is 28.1 Å². The summed E-state index contributed by atoms with van der Waals surface area (Å²) in [6.07, 6.45) is 0.408. The first kappa shape index (κ1) is 13.7. The van der Waals surface area contributed by atoms with Crippen molar-refractivity contribution in [3.05, 3.63) is 34.3 Å². The van der Waals surface area contributed by atoms with E-state index >= 15 is 0 Å². The van der Waals surface area contributed by atoms with Gasteiger partial charge in [-0.3, -0.25) is 4.79 Å².